The minimum absolute atomic E-state index is 0.0378. The lowest BCUT2D eigenvalue weighted by Gasteiger charge is -2.47. The van der Waals surface area contributed by atoms with Crippen LogP contribution in [-0.2, 0) is 16.0 Å². The molecule has 3 aliphatic rings. The third kappa shape index (κ3) is 2.58. The highest BCUT2D eigenvalue weighted by molar-refractivity contribution is 9.10. The number of aromatic amines is 1. The molecule has 6 rings (SSSR count). The number of hydrogen-bond acceptors (Lipinski definition) is 2. The molecule has 0 spiro atoms. The molecule has 2 amide bonds. The Morgan fingerprint density at radius 3 is 2.66 bits per heavy atom. The number of para-hydroxylation sites is 1. The molecular formula is C23H20BrN3O2. The van der Waals surface area contributed by atoms with Crippen molar-refractivity contribution in [2.24, 2.45) is 0 Å². The molecule has 2 atom stereocenters. The number of hydrogen-bond donors (Lipinski definition) is 1. The van der Waals surface area contributed by atoms with Crippen LogP contribution in [0.15, 0.2) is 53.0 Å². The molecule has 1 saturated carbocycles. The number of benzene rings is 2. The van der Waals surface area contributed by atoms with E-state index < -0.39 is 6.04 Å². The van der Waals surface area contributed by atoms with Gasteiger partial charge in [0.1, 0.15) is 12.6 Å². The third-order valence-corrected chi connectivity index (χ3v) is 6.94. The molecule has 1 unspecified atom stereocenters. The quantitative estimate of drug-likeness (QED) is 0.646. The largest absolute Gasteiger partial charge is 0.356 e. The fourth-order valence-corrected chi connectivity index (χ4v) is 5.42. The molecule has 1 aromatic heterocycles. The van der Waals surface area contributed by atoms with Gasteiger partial charge < -0.3 is 14.8 Å². The molecule has 1 aliphatic carbocycles. The second-order valence-corrected chi connectivity index (χ2v) is 9.15. The second kappa shape index (κ2) is 6.20. The Labute approximate surface area is 176 Å². The van der Waals surface area contributed by atoms with Crippen molar-refractivity contribution >= 4 is 38.6 Å². The molecule has 3 heterocycles. The molecule has 5 nitrogen and oxygen atoms in total. The van der Waals surface area contributed by atoms with Crippen LogP contribution in [0, 0.1) is 0 Å². The van der Waals surface area contributed by atoms with Gasteiger partial charge in [0.15, 0.2) is 0 Å². The van der Waals surface area contributed by atoms with Crippen molar-refractivity contribution < 1.29 is 9.59 Å². The first-order chi connectivity index (χ1) is 14.1. The number of nitrogens with zero attached hydrogens (tertiary/aromatic N) is 2. The van der Waals surface area contributed by atoms with Crippen molar-refractivity contribution in [1.29, 1.82) is 0 Å². The summed E-state index contributed by atoms with van der Waals surface area (Å²) in [5.74, 6) is 0.138. The van der Waals surface area contributed by atoms with E-state index in [1.165, 1.54) is 0 Å². The van der Waals surface area contributed by atoms with Gasteiger partial charge in [-0.3, -0.25) is 9.59 Å². The molecule has 3 aromatic rings. The van der Waals surface area contributed by atoms with Crippen LogP contribution in [0.25, 0.3) is 10.9 Å². The summed E-state index contributed by atoms with van der Waals surface area (Å²) in [4.78, 5) is 33.9. The molecule has 1 saturated heterocycles. The maximum Gasteiger partial charge on any atom is 0.246 e. The summed E-state index contributed by atoms with van der Waals surface area (Å²) in [6.07, 6.45) is 2.59. The van der Waals surface area contributed by atoms with E-state index in [9.17, 15) is 9.59 Å². The smallest absolute Gasteiger partial charge is 0.246 e. The molecule has 146 valence electrons. The predicted octanol–water partition coefficient (Wildman–Crippen LogP) is 3.78. The van der Waals surface area contributed by atoms with Gasteiger partial charge >= 0.3 is 0 Å². The first kappa shape index (κ1) is 17.3. The van der Waals surface area contributed by atoms with Crippen molar-refractivity contribution in [3.8, 4) is 0 Å². The molecule has 0 radical (unpaired) electrons. The van der Waals surface area contributed by atoms with E-state index in [1.807, 2.05) is 46.2 Å². The number of fused-ring (bicyclic) bond motifs is 4. The van der Waals surface area contributed by atoms with Crippen LogP contribution in [0.5, 0.6) is 0 Å². The normalized spacial score (nSPS) is 24.0. The van der Waals surface area contributed by atoms with Crippen molar-refractivity contribution in [2.45, 2.75) is 37.4 Å². The van der Waals surface area contributed by atoms with Crippen LogP contribution in [0.1, 0.15) is 35.7 Å². The molecular weight excluding hydrogens is 430 g/mol. The average Bonchev–Trinajstić information content (AvgIpc) is 3.50. The van der Waals surface area contributed by atoms with Gasteiger partial charge in [0.25, 0.3) is 0 Å². The zero-order chi connectivity index (χ0) is 19.7. The topological polar surface area (TPSA) is 56.4 Å². The number of amides is 2. The van der Waals surface area contributed by atoms with Gasteiger partial charge in [0.2, 0.25) is 11.8 Å². The second-order valence-electron chi connectivity index (χ2n) is 8.24. The summed E-state index contributed by atoms with van der Waals surface area (Å²) in [5.41, 5.74) is 4.25. The number of nitrogens with one attached hydrogen (secondary N) is 1. The number of carbonyl (C=O) groups is 2. The Morgan fingerprint density at radius 1 is 1.03 bits per heavy atom. The van der Waals surface area contributed by atoms with Gasteiger partial charge in [-0.2, -0.15) is 0 Å². The first-order valence-corrected chi connectivity index (χ1v) is 10.9. The van der Waals surface area contributed by atoms with Crippen LogP contribution in [-0.4, -0.2) is 45.2 Å². The molecule has 2 aromatic carbocycles. The SMILES string of the molecule is O=C1[C@@H]2Cc3c([nH]c4ccccc34)C(c3cccc(Br)c3)N2C(=O)CN1C1CC1. The van der Waals surface area contributed by atoms with E-state index in [2.05, 4.69) is 33.0 Å². The van der Waals surface area contributed by atoms with Crippen LogP contribution < -0.4 is 0 Å². The summed E-state index contributed by atoms with van der Waals surface area (Å²) in [7, 11) is 0. The fraction of sp³-hybridized carbons (Fsp3) is 0.304. The number of piperazine rings is 1. The number of carbonyl (C=O) groups excluding carboxylic acids is 2. The Kier molecular flexibility index (Phi) is 3.69. The van der Waals surface area contributed by atoms with Crippen LogP contribution in [0.3, 0.4) is 0 Å². The minimum atomic E-state index is -0.437. The number of aromatic nitrogens is 1. The zero-order valence-corrected chi connectivity index (χ0v) is 17.4. The van der Waals surface area contributed by atoms with Crippen molar-refractivity contribution in [1.82, 2.24) is 14.8 Å². The van der Waals surface area contributed by atoms with Crippen LogP contribution in [0.2, 0.25) is 0 Å². The van der Waals surface area contributed by atoms with Crippen molar-refractivity contribution in [3.63, 3.8) is 0 Å². The summed E-state index contributed by atoms with van der Waals surface area (Å²) < 4.78 is 0.963. The van der Waals surface area contributed by atoms with Crippen molar-refractivity contribution in [3.05, 3.63) is 69.8 Å². The van der Waals surface area contributed by atoms with Crippen LogP contribution >= 0.6 is 15.9 Å². The lowest BCUT2D eigenvalue weighted by atomic mass is 9.86. The van der Waals surface area contributed by atoms with Gasteiger partial charge in [-0.25, -0.2) is 0 Å². The Balaban J connectivity index is 1.56. The molecule has 29 heavy (non-hydrogen) atoms. The maximum atomic E-state index is 13.4. The first-order valence-electron chi connectivity index (χ1n) is 10.1. The van der Waals surface area contributed by atoms with Gasteiger partial charge in [-0.05, 0) is 42.2 Å². The highest BCUT2D eigenvalue weighted by Gasteiger charge is 2.50. The maximum absolute atomic E-state index is 13.4. The highest BCUT2D eigenvalue weighted by Crippen LogP contribution is 2.44. The number of rotatable bonds is 2. The van der Waals surface area contributed by atoms with Gasteiger partial charge in [-0.15, -0.1) is 0 Å². The Bertz CT molecular complexity index is 1170. The van der Waals surface area contributed by atoms with Gasteiger partial charge in [0, 0.05) is 33.5 Å². The van der Waals surface area contributed by atoms with E-state index >= 15 is 0 Å². The fourth-order valence-electron chi connectivity index (χ4n) is 5.00. The monoisotopic (exact) mass is 449 g/mol. The summed E-state index contributed by atoms with van der Waals surface area (Å²) >= 11 is 3.57. The summed E-state index contributed by atoms with van der Waals surface area (Å²) in [6, 6.07) is 15.8. The third-order valence-electron chi connectivity index (χ3n) is 6.45. The van der Waals surface area contributed by atoms with E-state index in [1.54, 1.807) is 0 Å². The average molecular weight is 450 g/mol. The lowest BCUT2D eigenvalue weighted by Crippen LogP contribution is -2.63. The standard InChI is InChI=1S/C23H20BrN3O2/c24-14-5-3-4-13(10-14)22-21-17(16-6-1-2-7-18(16)25-21)11-19-23(29)26(15-8-9-15)12-20(28)27(19)22/h1-7,10,15,19,22,25H,8-9,11-12H2/t19-,22?/m0/s1. The Morgan fingerprint density at radius 2 is 1.86 bits per heavy atom. The lowest BCUT2D eigenvalue weighted by molar-refractivity contribution is -0.159. The number of halogens is 1. The minimum Gasteiger partial charge on any atom is -0.356 e. The van der Waals surface area contributed by atoms with Crippen molar-refractivity contribution in [2.75, 3.05) is 6.54 Å². The number of H-pyrrole nitrogens is 1. The Hall–Kier alpha value is -2.60. The van der Waals surface area contributed by atoms with Gasteiger partial charge in [0.05, 0.1) is 6.04 Å². The van der Waals surface area contributed by atoms with E-state index in [0.29, 0.717) is 6.42 Å². The molecule has 6 heteroatoms. The summed E-state index contributed by atoms with van der Waals surface area (Å²) in [6.45, 7) is 0.195. The van der Waals surface area contributed by atoms with Crippen LogP contribution in [0.4, 0.5) is 0 Å². The highest BCUT2D eigenvalue weighted by atomic mass is 79.9. The molecule has 2 fully saturated rings. The van der Waals surface area contributed by atoms with E-state index in [0.717, 1.165) is 45.0 Å². The zero-order valence-electron chi connectivity index (χ0n) is 15.8. The van der Waals surface area contributed by atoms with E-state index in [4.69, 9.17) is 0 Å². The molecule has 1 N–H and O–H groups in total. The predicted molar refractivity (Wildman–Crippen MR) is 113 cm³/mol. The van der Waals surface area contributed by atoms with E-state index in [-0.39, 0.29) is 30.4 Å². The summed E-state index contributed by atoms with van der Waals surface area (Å²) in [5, 5.41) is 1.14. The molecule has 0 bridgehead atoms. The molecule has 2 aliphatic heterocycles. The van der Waals surface area contributed by atoms with Gasteiger partial charge in [-0.1, -0.05) is 46.3 Å².